The van der Waals surface area contributed by atoms with Gasteiger partial charge in [0.25, 0.3) is 5.91 Å². The average Bonchev–Trinajstić information content (AvgIpc) is 3.10. The molecule has 0 aliphatic carbocycles. The van der Waals surface area contributed by atoms with Crippen LogP contribution >= 0.6 is 11.3 Å². The first kappa shape index (κ1) is 20.3. The van der Waals surface area contributed by atoms with Gasteiger partial charge in [0, 0.05) is 36.5 Å². The molecule has 28 heavy (non-hydrogen) atoms. The number of hydrogen-bond acceptors (Lipinski definition) is 5. The van der Waals surface area contributed by atoms with Crippen molar-refractivity contribution >= 4 is 38.9 Å². The van der Waals surface area contributed by atoms with E-state index >= 15 is 0 Å². The van der Waals surface area contributed by atoms with E-state index in [4.69, 9.17) is 0 Å². The lowest BCUT2D eigenvalue weighted by Gasteiger charge is -2.27. The number of fused-ring (bicyclic) bond motifs is 1. The number of carbonyl (C=O) groups is 2. The van der Waals surface area contributed by atoms with Gasteiger partial charge in [-0.3, -0.25) is 14.3 Å². The normalized spacial score (nSPS) is 13.7. The van der Waals surface area contributed by atoms with Crippen LogP contribution < -0.4 is 10.0 Å². The highest BCUT2D eigenvalue weighted by molar-refractivity contribution is 7.92. The second-order valence-corrected chi connectivity index (χ2v) is 9.59. The van der Waals surface area contributed by atoms with Gasteiger partial charge in [-0.25, -0.2) is 8.42 Å². The van der Waals surface area contributed by atoms with Crippen molar-refractivity contribution in [3.05, 3.63) is 51.2 Å². The Morgan fingerprint density at radius 3 is 2.79 bits per heavy atom. The van der Waals surface area contributed by atoms with E-state index in [0.717, 1.165) is 18.2 Å². The highest BCUT2D eigenvalue weighted by atomic mass is 32.2. The summed E-state index contributed by atoms with van der Waals surface area (Å²) in [4.78, 5) is 27.9. The van der Waals surface area contributed by atoms with Crippen LogP contribution in [0.25, 0.3) is 0 Å². The van der Waals surface area contributed by atoms with E-state index in [1.54, 1.807) is 30.4 Å². The second kappa shape index (κ2) is 8.32. The third-order valence-corrected chi connectivity index (χ3v) is 6.19. The monoisotopic (exact) mass is 421 g/mol. The molecule has 1 aliphatic rings. The molecule has 1 aromatic heterocycles. The minimum Gasteiger partial charge on any atom is -0.352 e. The van der Waals surface area contributed by atoms with Gasteiger partial charge in [0.15, 0.2) is 0 Å². The first-order chi connectivity index (χ1) is 13.2. The zero-order valence-corrected chi connectivity index (χ0v) is 17.5. The topological polar surface area (TPSA) is 95.6 Å². The lowest BCUT2D eigenvalue weighted by Crippen LogP contribution is -2.37. The summed E-state index contributed by atoms with van der Waals surface area (Å²) >= 11 is 1.73. The molecule has 0 radical (unpaired) electrons. The molecular formula is C19H23N3O4S2. The number of rotatable bonds is 6. The molecule has 0 atom stereocenters. The number of amides is 2. The fourth-order valence-corrected chi connectivity index (χ4v) is 4.59. The van der Waals surface area contributed by atoms with Crippen molar-refractivity contribution in [3.63, 3.8) is 0 Å². The van der Waals surface area contributed by atoms with E-state index in [0.29, 0.717) is 24.3 Å². The predicted octanol–water partition coefficient (Wildman–Crippen LogP) is 2.13. The molecule has 3 rings (SSSR count). The second-order valence-electron chi connectivity index (χ2n) is 6.84. The molecule has 2 amide bonds. The van der Waals surface area contributed by atoms with Crippen LogP contribution in [0.5, 0.6) is 0 Å². The largest absolute Gasteiger partial charge is 0.352 e. The van der Waals surface area contributed by atoms with Crippen molar-refractivity contribution in [1.29, 1.82) is 0 Å². The molecule has 0 fully saturated rings. The number of thiophene rings is 1. The fourth-order valence-electron chi connectivity index (χ4n) is 3.08. The highest BCUT2D eigenvalue weighted by Crippen LogP contribution is 2.24. The van der Waals surface area contributed by atoms with Crippen molar-refractivity contribution in [2.45, 2.75) is 26.3 Å². The zero-order chi connectivity index (χ0) is 20.3. The number of anilines is 1. The Morgan fingerprint density at radius 1 is 1.25 bits per heavy atom. The summed E-state index contributed by atoms with van der Waals surface area (Å²) in [5.74, 6) is -0.330. The number of nitrogens with one attached hydrogen (secondary N) is 2. The molecule has 0 saturated carbocycles. The average molecular weight is 422 g/mol. The van der Waals surface area contributed by atoms with Gasteiger partial charge in [0.1, 0.15) is 0 Å². The van der Waals surface area contributed by atoms with Crippen molar-refractivity contribution < 1.29 is 18.0 Å². The summed E-state index contributed by atoms with van der Waals surface area (Å²) in [6.45, 7) is 3.32. The summed E-state index contributed by atoms with van der Waals surface area (Å²) < 4.78 is 25.3. The number of sulfonamides is 1. The van der Waals surface area contributed by atoms with Gasteiger partial charge in [-0.15, -0.1) is 11.3 Å². The molecule has 0 bridgehead atoms. The van der Waals surface area contributed by atoms with E-state index in [-0.39, 0.29) is 24.8 Å². The molecule has 2 N–H and O–H groups in total. The standard InChI is InChI=1S/C19H23N3O4S2/c1-13-3-4-14(11-16(13)21-28(2,25)26)19(24)20-8-5-18(23)22-9-6-17-15(12-22)7-10-27-17/h3-4,7,10-11,21H,5-6,8-9,12H2,1-2H3,(H,20,24). The summed E-state index contributed by atoms with van der Waals surface area (Å²) in [6.07, 6.45) is 2.17. The number of benzene rings is 1. The quantitative estimate of drug-likeness (QED) is 0.747. The van der Waals surface area contributed by atoms with Crippen LogP contribution in [0.4, 0.5) is 5.69 Å². The molecule has 0 saturated heterocycles. The van der Waals surface area contributed by atoms with E-state index in [9.17, 15) is 18.0 Å². The summed E-state index contributed by atoms with van der Waals surface area (Å²) in [6, 6.07) is 6.86. The molecule has 7 nitrogen and oxygen atoms in total. The molecule has 2 aromatic rings. The number of carbonyl (C=O) groups excluding carboxylic acids is 2. The van der Waals surface area contributed by atoms with Crippen LogP contribution in [0, 0.1) is 6.92 Å². The van der Waals surface area contributed by atoms with Crippen LogP contribution in [0.1, 0.15) is 32.8 Å². The Morgan fingerprint density at radius 2 is 2.04 bits per heavy atom. The summed E-state index contributed by atoms with van der Waals surface area (Å²) in [5, 5.41) is 4.78. The number of nitrogens with zero attached hydrogens (tertiary/aromatic N) is 1. The Bertz CT molecular complexity index is 998. The van der Waals surface area contributed by atoms with Crippen molar-refractivity contribution in [3.8, 4) is 0 Å². The van der Waals surface area contributed by atoms with Gasteiger partial charge in [0.05, 0.1) is 11.9 Å². The van der Waals surface area contributed by atoms with E-state index < -0.39 is 10.0 Å². The molecule has 0 spiro atoms. The van der Waals surface area contributed by atoms with Gasteiger partial charge < -0.3 is 10.2 Å². The maximum atomic E-state index is 12.4. The highest BCUT2D eigenvalue weighted by Gasteiger charge is 2.21. The van der Waals surface area contributed by atoms with Gasteiger partial charge >= 0.3 is 0 Å². The van der Waals surface area contributed by atoms with Crippen LogP contribution in [0.2, 0.25) is 0 Å². The third kappa shape index (κ3) is 5.11. The maximum absolute atomic E-state index is 12.4. The summed E-state index contributed by atoms with van der Waals surface area (Å²) in [7, 11) is -3.43. The van der Waals surface area contributed by atoms with Gasteiger partial charge in [0.2, 0.25) is 15.9 Å². The molecule has 1 aromatic carbocycles. The van der Waals surface area contributed by atoms with Gasteiger partial charge in [-0.1, -0.05) is 6.07 Å². The first-order valence-corrected chi connectivity index (χ1v) is 11.7. The van der Waals surface area contributed by atoms with Crippen LogP contribution in [-0.2, 0) is 27.8 Å². The molecule has 1 aliphatic heterocycles. The molecular weight excluding hydrogens is 398 g/mol. The van der Waals surface area contributed by atoms with Crippen LogP contribution in [0.3, 0.4) is 0 Å². The minimum absolute atomic E-state index is 0.0143. The maximum Gasteiger partial charge on any atom is 0.251 e. The minimum atomic E-state index is -3.43. The summed E-state index contributed by atoms with van der Waals surface area (Å²) in [5.41, 5.74) is 2.63. The zero-order valence-electron chi connectivity index (χ0n) is 15.8. The lowest BCUT2D eigenvalue weighted by molar-refractivity contribution is -0.131. The van der Waals surface area contributed by atoms with Crippen LogP contribution in [-0.4, -0.2) is 44.5 Å². The molecule has 0 unspecified atom stereocenters. The van der Waals surface area contributed by atoms with Gasteiger partial charge in [-0.05, 0) is 48.1 Å². The van der Waals surface area contributed by atoms with Crippen molar-refractivity contribution in [1.82, 2.24) is 10.2 Å². The first-order valence-electron chi connectivity index (χ1n) is 8.92. The van der Waals surface area contributed by atoms with E-state index in [1.807, 2.05) is 10.3 Å². The Labute approximate surface area is 168 Å². The molecule has 2 heterocycles. The predicted molar refractivity (Wildman–Crippen MR) is 110 cm³/mol. The third-order valence-electron chi connectivity index (χ3n) is 4.58. The molecule has 9 heteroatoms. The Kier molecular flexibility index (Phi) is 6.04. The number of hydrogen-bond donors (Lipinski definition) is 2. The van der Waals surface area contributed by atoms with E-state index in [2.05, 4.69) is 16.1 Å². The van der Waals surface area contributed by atoms with E-state index in [1.165, 1.54) is 16.5 Å². The number of aryl methyl sites for hydroxylation is 1. The Hall–Kier alpha value is -2.39. The smallest absolute Gasteiger partial charge is 0.251 e. The Balaban J connectivity index is 1.53. The fraction of sp³-hybridized carbons (Fsp3) is 0.368. The SMILES string of the molecule is Cc1ccc(C(=O)NCCC(=O)N2CCc3sccc3C2)cc1NS(C)(=O)=O. The molecule has 150 valence electrons. The lowest BCUT2D eigenvalue weighted by atomic mass is 10.1. The van der Waals surface area contributed by atoms with Crippen molar-refractivity contribution in [2.75, 3.05) is 24.1 Å². The van der Waals surface area contributed by atoms with Gasteiger partial charge in [-0.2, -0.15) is 0 Å². The van der Waals surface area contributed by atoms with Crippen molar-refractivity contribution in [2.24, 2.45) is 0 Å². The van der Waals surface area contributed by atoms with Crippen LogP contribution in [0.15, 0.2) is 29.6 Å².